The molecule has 0 fully saturated rings. The van der Waals surface area contributed by atoms with Crippen LogP contribution >= 0.6 is 15.9 Å². The molecule has 0 unspecified atom stereocenters. The van der Waals surface area contributed by atoms with Crippen molar-refractivity contribution >= 4 is 45.6 Å². The Morgan fingerprint density at radius 3 is 2.60 bits per heavy atom. The zero-order valence-corrected chi connectivity index (χ0v) is 18.2. The summed E-state index contributed by atoms with van der Waals surface area (Å²) in [6.07, 6.45) is 1.34. The van der Waals surface area contributed by atoms with Gasteiger partial charge in [-0.3, -0.25) is 14.4 Å². The molecule has 2 rings (SSSR count). The molecule has 0 aliphatic carbocycles. The fraction of sp³-hybridized carbons (Fsp3) is 0.200. The Labute approximate surface area is 182 Å². The van der Waals surface area contributed by atoms with Crippen LogP contribution in [-0.2, 0) is 14.4 Å². The Kier molecular flexibility index (Phi) is 8.36. The topological polar surface area (TPSA) is 118 Å². The number of carbonyl (C=O) groups excluding carboxylic acids is 3. The number of methoxy groups -OCH3 is 1. The lowest BCUT2D eigenvalue weighted by atomic mass is 10.2. The van der Waals surface area contributed by atoms with Gasteiger partial charge in [0.15, 0.2) is 18.1 Å². The molecule has 2 aromatic rings. The van der Waals surface area contributed by atoms with E-state index in [9.17, 15) is 14.4 Å². The van der Waals surface area contributed by atoms with Crippen LogP contribution in [0.4, 0.5) is 5.69 Å². The molecule has 158 valence electrons. The molecule has 0 saturated heterocycles. The molecule has 0 spiro atoms. The molecule has 0 saturated carbocycles. The van der Waals surface area contributed by atoms with Gasteiger partial charge in [0.1, 0.15) is 0 Å². The third kappa shape index (κ3) is 6.59. The third-order valence-corrected chi connectivity index (χ3v) is 4.30. The van der Waals surface area contributed by atoms with Crippen LogP contribution in [0, 0.1) is 6.92 Å². The number of benzene rings is 2. The van der Waals surface area contributed by atoms with Crippen LogP contribution in [0.15, 0.2) is 46.0 Å². The predicted molar refractivity (Wildman–Crippen MR) is 116 cm³/mol. The highest BCUT2D eigenvalue weighted by Gasteiger charge is 2.14. The first-order valence-electron chi connectivity index (χ1n) is 8.76. The van der Waals surface area contributed by atoms with E-state index in [0.717, 1.165) is 5.56 Å². The van der Waals surface area contributed by atoms with Crippen molar-refractivity contribution in [1.82, 2.24) is 10.7 Å². The molecule has 3 amide bonds. The predicted octanol–water partition coefficient (Wildman–Crippen LogP) is 1.98. The number of nitrogens with zero attached hydrogens (tertiary/aromatic N) is 1. The molecular formula is C20H21BrN4O5. The molecule has 0 bridgehead atoms. The number of rotatable bonds is 7. The van der Waals surface area contributed by atoms with E-state index < -0.39 is 11.8 Å². The molecule has 3 N–H and O–H groups in total. The lowest BCUT2D eigenvalue weighted by Crippen LogP contribution is -2.35. The van der Waals surface area contributed by atoms with Crippen LogP contribution in [0.2, 0.25) is 0 Å². The number of hydrogen-bond acceptors (Lipinski definition) is 6. The van der Waals surface area contributed by atoms with Crippen molar-refractivity contribution in [3.05, 3.63) is 52.0 Å². The largest absolute Gasteiger partial charge is 0.493 e. The van der Waals surface area contributed by atoms with Gasteiger partial charge in [0, 0.05) is 12.7 Å². The van der Waals surface area contributed by atoms with Crippen molar-refractivity contribution in [3.63, 3.8) is 0 Å². The monoisotopic (exact) mass is 476 g/mol. The van der Waals surface area contributed by atoms with Crippen LogP contribution in [0.25, 0.3) is 0 Å². The lowest BCUT2D eigenvalue weighted by molar-refractivity contribution is -0.138. The van der Waals surface area contributed by atoms with Gasteiger partial charge in [-0.05, 0) is 58.2 Å². The molecule has 0 radical (unpaired) electrons. The average Bonchev–Trinajstić information content (AvgIpc) is 2.71. The van der Waals surface area contributed by atoms with Gasteiger partial charge in [0.25, 0.3) is 5.91 Å². The summed E-state index contributed by atoms with van der Waals surface area (Å²) in [6.45, 7) is 1.71. The summed E-state index contributed by atoms with van der Waals surface area (Å²) < 4.78 is 11.4. The van der Waals surface area contributed by atoms with E-state index in [-0.39, 0.29) is 12.5 Å². The maximum Gasteiger partial charge on any atom is 0.329 e. The summed E-state index contributed by atoms with van der Waals surface area (Å²) in [5.74, 6) is -1.33. The van der Waals surface area contributed by atoms with E-state index in [0.29, 0.717) is 27.2 Å². The van der Waals surface area contributed by atoms with Gasteiger partial charge in [0.05, 0.1) is 17.8 Å². The Bertz CT molecular complexity index is 978. The second-order valence-electron chi connectivity index (χ2n) is 6.02. The third-order valence-electron chi connectivity index (χ3n) is 3.71. The van der Waals surface area contributed by atoms with Crippen LogP contribution < -0.4 is 25.5 Å². The van der Waals surface area contributed by atoms with E-state index in [4.69, 9.17) is 9.47 Å². The summed E-state index contributed by atoms with van der Waals surface area (Å²) in [4.78, 5) is 34.7. The molecule has 2 aromatic carbocycles. The molecule has 0 atom stereocenters. The minimum atomic E-state index is -0.889. The number of anilines is 1. The van der Waals surface area contributed by atoms with Crippen molar-refractivity contribution in [1.29, 1.82) is 0 Å². The normalized spacial score (nSPS) is 10.4. The minimum absolute atomic E-state index is 0.224. The maximum atomic E-state index is 12.2. The Balaban J connectivity index is 2.03. The number of amides is 3. The lowest BCUT2D eigenvalue weighted by Gasteiger charge is -2.13. The molecule has 30 heavy (non-hydrogen) atoms. The van der Waals surface area contributed by atoms with Crippen LogP contribution in [0.1, 0.15) is 11.1 Å². The number of hydrazone groups is 1. The Morgan fingerprint density at radius 2 is 1.93 bits per heavy atom. The smallest absolute Gasteiger partial charge is 0.329 e. The second kappa shape index (κ2) is 11.0. The second-order valence-corrected chi connectivity index (χ2v) is 6.87. The number of ether oxygens (including phenoxy) is 2. The van der Waals surface area contributed by atoms with Gasteiger partial charge in [-0.25, -0.2) is 5.43 Å². The molecule has 10 heteroatoms. The van der Waals surface area contributed by atoms with Gasteiger partial charge in [-0.1, -0.05) is 12.1 Å². The van der Waals surface area contributed by atoms with Crippen molar-refractivity contribution in [2.45, 2.75) is 6.92 Å². The zero-order valence-electron chi connectivity index (χ0n) is 16.6. The van der Waals surface area contributed by atoms with E-state index in [1.165, 1.54) is 20.4 Å². The molecule has 0 aliphatic heterocycles. The first-order valence-corrected chi connectivity index (χ1v) is 9.55. The van der Waals surface area contributed by atoms with Gasteiger partial charge in [-0.2, -0.15) is 5.10 Å². The van der Waals surface area contributed by atoms with Crippen LogP contribution in [0.5, 0.6) is 11.5 Å². The summed E-state index contributed by atoms with van der Waals surface area (Å²) in [5, 5.41) is 8.67. The first kappa shape index (κ1) is 22.9. The quantitative estimate of drug-likeness (QED) is 0.320. The van der Waals surface area contributed by atoms with Crippen LogP contribution in [0.3, 0.4) is 0 Å². The maximum absolute atomic E-state index is 12.2. The van der Waals surface area contributed by atoms with Gasteiger partial charge < -0.3 is 20.1 Å². The first-order chi connectivity index (χ1) is 14.3. The van der Waals surface area contributed by atoms with Crippen molar-refractivity contribution in [3.8, 4) is 11.5 Å². The Hall–Kier alpha value is -3.40. The van der Waals surface area contributed by atoms with Crippen LogP contribution in [-0.4, -0.2) is 44.7 Å². The van der Waals surface area contributed by atoms with E-state index in [1.807, 2.05) is 25.1 Å². The zero-order chi connectivity index (χ0) is 22.1. The molecular weight excluding hydrogens is 456 g/mol. The minimum Gasteiger partial charge on any atom is -0.493 e. The Morgan fingerprint density at radius 1 is 1.17 bits per heavy atom. The van der Waals surface area contributed by atoms with Crippen molar-refractivity contribution in [2.24, 2.45) is 5.10 Å². The van der Waals surface area contributed by atoms with Gasteiger partial charge in [0.2, 0.25) is 0 Å². The number of nitrogens with one attached hydrogen (secondary N) is 3. The van der Waals surface area contributed by atoms with Crippen molar-refractivity contribution < 1.29 is 23.9 Å². The molecule has 0 aromatic heterocycles. The number of likely N-dealkylation sites (N-methyl/N-ethyl adjacent to an activating group) is 1. The summed E-state index contributed by atoms with van der Waals surface area (Å²) in [7, 11) is 2.79. The molecule has 0 heterocycles. The highest BCUT2D eigenvalue weighted by Crippen LogP contribution is 2.36. The fourth-order valence-corrected chi connectivity index (χ4v) is 2.92. The number of aryl methyl sites for hydroxylation is 1. The highest BCUT2D eigenvalue weighted by atomic mass is 79.9. The number of hydrogen-bond donors (Lipinski definition) is 3. The average molecular weight is 477 g/mol. The summed E-state index contributed by atoms with van der Waals surface area (Å²) >= 11 is 3.37. The molecule has 9 nitrogen and oxygen atoms in total. The van der Waals surface area contributed by atoms with Gasteiger partial charge >= 0.3 is 11.8 Å². The SMILES string of the molecule is CNC(=O)C(=O)N/N=C\c1cc(Br)c(OCC(=O)Nc2cccc(C)c2)c(OC)c1. The van der Waals surface area contributed by atoms with Gasteiger partial charge in [-0.15, -0.1) is 0 Å². The van der Waals surface area contributed by atoms with E-state index in [2.05, 4.69) is 37.1 Å². The number of halogens is 1. The van der Waals surface area contributed by atoms with Crippen molar-refractivity contribution in [2.75, 3.05) is 26.1 Å². The number of carbonyl (C=O) groups is 3. The van der Waals surface area contributed by atoms with E-state index >= 15 is 0 Å². The molecule has 0 aliphatic rings. The summed E-state index contributed by atoms with van der Waals surface area (Å²) in [6, 6.07) is 10.7. The van der Waals surface area contributed by atoms with E-state index in [1.54, 1.807) is 18.2 Å². The fourth-order valence-electron chi connectivity index (χ4n) is 2.34. The highest BCUT2D eigenvalue weighted by molar-refractivity contribution is 9.10. The summed E-state index contributed by atoms with van der Waals surface area (Å²) in [5.41, 5.74) is 4.37. The standard InChI is InChI=1S/C20H21BrN4O5/c1-12-5-4-6-14(7-12)24-17(26)11-30-18-15(21)8-13(9-16(18)29-3)10-23-25-20(28)19(27)22-2/h4-10H,11H2,1-3H3,(H,22,27)(H,24,26)(H,25,28)/b23-10-.